The van der Waals surface area contributed by atoms with Crippen LogP contribution in [0.15, 0.2) is 42.5 Å². The summed E-state index contributed by atoms with van der Waals surface area (Å²) < 4.78 is 13.4. The molecule has 2 N–H and O–H groups in total. The van der Waals surface area contributed by atoms with E-state index in [1.54, 1.807) is 6.07 Å². The molecule has 0 saturated carbocycles. The fourth-order valence-corrected chi connectivity index (χ4v) is 1.74. The quantitative estimate of drug-likeness (QED) is 0.668. The van der Waals surface area contributed by atoms with Gasteiger partial charge in [-0.05, 0) is 18.2 Å². The van der Waals surface area contributed by atoms with Crippen LogP contribution in [0.25, 0.3) is 0 Å². The Balaban J connectivity index is 2.09. The van der Waals surface area contributed by atoms with Crippen molar-refractivity contribution in [3.8, 4) is 5.75 Å². The molecule has 0 radical (unpaired) electrons. The number of nitro groups is 1. The highest BCUT2D eigenvalue weighted by Crippen LogP contribution is 2.26. The van der Waals surface area contributed by atoms with Crippen LogP contribution >= 0.6 is 0 Å². The Morgan fingerprint density at radius 2 is 2.00 bits per heavy atom. The lowest BCUT2D eigenvalue weighted by Crippen LogP contribution is -2.23. The highest BCUT2D eigenvalue weighted by molar-refractivity contribution is 5.95. The Morgan fingerprint density at radius 3 is 2.62 bits per heavy atom. The van der Waals surface area contributed by atoms with Crippen LogP contribution in [0.5, 0.6) is 5.75 Å². The van der Waals surface area contributed by atoms with E-state index in [-0.39, 0.29) is 12.1 Å². The summed E-state index contributed by atoms with van der Waals surface area (Å²) in [7, 11) is 0. The smallest absolute Gasteiger partial charge is 0.310 e. The normalized spacial score (nSPS) is 10.1. The van der Waals surface area contributed by atoms with Crippen molar-refractivity contribution in [3.05, 3.63) is 69.5 Å². The van der Waals surface area contributed by atoms with Gasteiger partial charge in [-0.3, -0.25) is 14.9 Å². The summed E-state index contributed by atoms with van der Waals surface area (Å²) >= 11 is 0. The zero-order valence-corrected chi connectivity index (χ0v) is 10.7. The Bertz CT molecular complexity index is 703. The Hall–Kier alpha value is -2.96. The van der Waals surface area contributed by atoms with Gasteiger partial charge in [0.2, 0.25) is 0 Å². The number of hydrogen-bond acceptors (Lipinski definition) is 4. The van der Waals surface area contributed by atoms with Crippen LogP contribution in [-0.4, -0.2) is 15.9 Å². The second-order valence-electron chi connectivity index (χ2n) is 4.23. The molecule has 1 amide bonds. The number of aromatic hydroxyl groups is 1. The molecular weight excluding hydrogens is 279 g/mol. The van der Waals surface area contributed by atoms with Gasteiger partial charge in [0.15, 0.2) is 5.75 Å². The monoisotopic (exact) mass is 290 g/mol. The molecule has 0 fully saturated rings. The number of carbonyl (C=O) groups excluding carboxylic acids is 1. The van der Waals surface area contributed by atoms with Crippen molar-refractivity contribution < 1.29 is 19.2 Å². The highest BCUT2D eigenvalue weighted by Gasteiger charge is 2.16. The van der Waals surface area contributed by atoms with E-state index < -0.39 is 28.1 Å². The Labute approximate surface area is 119 Å². The summed E-state index contributed by atoms with van der Waals surface area (Å²) in [4.78, 5) is 21.6. The molecule has 2 rings (SSSR count). The first-order valence-corrected chi connectivity index (χ1v) is 5.98. The first-order valence-electron chi connectivity index (χ1n) is 5.98. The molecule has 2 aromatic carbocycles. The minimum atomic E-state index is -0.754. The van der Waals surface area contributed by atoms with Crippen LogP contribution in [0, 0.1) is 15.9 Å². The summed E-state index contributed by atoms with van der Waals surface area (Å²) in [5.74, 6) is -1.61. The maximum atomic E-state index is 13.4. The van der Waals surface area contributed by atoms with Crippen LogP contribution < -0.4 is 5.32 Å². The third-order valence-electron chi connectivity index (χ3n) is 2.83. The molecule has 7 heteroatoms. The van der Waals surface area contributed by atoms with E-state index in [4.69, 9.17) is 0 Å². The van der Waals surface area contributed by atoms with E-state index in [1.165, 1.54) is 24.3 Å². The van der Waals surface area contributed by atoms with Crippen LogP contribution in [0.2, 0.25) is 0 Å². The van der Waals surface area contributed by atoms with E-state index in [2.05, 4.69) is 5.32 Å². The number of rotatable bonds is 4. The van der Waals surface area contributed by atoms with Crippen molar-refractivity contribution in [1.82, 2.24) is 5.32 Å². The van der Waals surface area contributed by atoms with Crippen molar-refractivity contribution in [2.24, 2.45) is 0 Å². The van der Waals surface area contributed by atoms with Gasteiger partial charge < -0.3 is 10.4 Å². The molecule has 0 aliphatic heterocycles. The maximum Gasteiger partial charge on any atom is 0.310 e. The second kappa shape index (κ2) is 6.00. The van der Waals surface area contributed by atoms with Gasteiger partial charge in [0.1, 0.15) is 5.82 Å². The molecule has 0 spiro atoms. The number of phenolic OH excluding ortho intramolecular Hbond substituents is 1. The molecule has 0 heterocycles. The van der Waals surface area contributed by atoms with E-state index in [0.29, 0.717) is 5.56 Å². The van der Waals surface area contributed by atoms with Crippen molar-refractivity contribution in [2.75, 3.05) is 0 Å². The topological polar surface area (TPSA) is 92.5 Å². The minimum absolute atomic E-state index is 0.0245. The summed E-state index contributed by atoms with van der Waals surface area (Å²) in [5, 5.41) is 22.5. The van der Waals surface area contributed by atoms with E-state index in [1.807, 2.05) is 0 Å². The molecule has 108 valence electrons. The average Bonchev–Trinajstić information content (AvgIpc) is 2.45. The number of halogens is 1. The molecule has 6 nitrogen and oxygen atoms in total. The predicted molar refractivity (Wildman–Crippen MR) is 72.3 cm³/mol. The molecule has 0 atom stereocenters. The predicted octanol–water partition coefficient (Wildman–Crippen LogP) is 2.37. The van der Waals surface area contributed by atoms with Crippen LogP contribution in [0.1, 0.15) is 15.9 Å². The lowest BCUT2D eigenvalue weighted by Gasteiger charge is -2.06. The molecular formula is C14H11FN2O4. The SMILES string of the molecule is O=C(NCc1ccccc1F)c1ccc([N+](=O)[O-])c(O)c1. The zero-order chi connectivity index (χ0) is 15.4. The van der Waals surface area contributed by atoms with E-state index in [9.17, 15) is 24.4 Å². The summed E-state index contributed by atoms with van der Waals surface area (Å²) in [5.41, 5.74) is -0.118. The number of phenols is 1. The number of nitrogens with one attached hydrogen (secondary N) is 1. The van der Waals surface area contributed by atoms with Gasteiger partial charge in [0, 0.05) is 23.7 Å². The third-order valence-corrected chi connectivity index (χ3v) is 2.83. The molecule has 2 aromatic rings. The van der Waals surface area contributed by atoms with Crippen molar-refractivity contribution in [2.45, 2.75) is 6.54 Å². The molecule has 0 aliphatic rings. The summed E-state index contributed by atoms with van der Waals surface area (Å²) in [6, 6.07) is 9.23. The van der Waals surface area contributed by atoms with Crippen LogP contribution in [0.3, 0.4) is 0 Å². The fraction of sp³-hybridized carbons (Fsp3) is 0.0714. The zero-order valence-electron chi connectivity index (χ0n) is 10.7. The van der Waals surface area contributed by atoms with Gasteiger partial charge in [-0.1, -0.05) is 18.2 Å². The maximum absolute atomic E-state index is 13.4. The van der Waals surface area contributed by atoms with Gasteiger partial charge in [-0.15, -0.1) is 0 Å². The average molecular weight is 290 g/mol. The third kappa shape index (κ3) is 3.33. The Morgan fingerprint density at radius 1 is 1.29 bits per heavy atom. The first kappa shape index (κ1) is 14.4. The molecule has 0 aromatic heterocycles. The number of benzene rings is 2. The van der Waals surface area contributed by atoms with Gasteiger partial charge in [0.05, 0.1) is 4.92 Å². The molecule has 0 saturated heterocycles. The first-order chi connectivity index (χ1) is 9.99. The van der Waals surface area contributed by atoms with Gasteiger partial charge in [0.25, 0.3) is 5.91 Å². The molecule has 0 bridgehead atoms. The summed E-state index contributed by atoms with van der Waals surface area (Å²) in [6.45, 7) is -0.0245. The van der Waals surface area contributed by atoms with Gasteiger partial charge in [-0.2, -0.15) is 0 Å². The largest absolute Gasteiger partial charge is 0.502 e. The molecule has 0 unspecified atom stereocenters. The highest BCUT2D eigenvalue weighted by atomic mass is 19.1. The van der Waals surface area contributed by atoms with E-state index >= 15 is 0 Å². The van der Waals surface area contributed by atoms with Gasteiger partial charge in [-0.25, -0.2) is 4.39 Å². The second-order valence-corrected chi connectivity index (χ2v) is 4.23. The standard InChI is InChI=1S/C14H11FN2O4/c15-11-4-2-1-3-10(11)8-16-14(19)9-5-6-12(17(20)21)13(18)7-9/h1-7,18H,8H2,(H,16,19). The van der Waals surface area contributed by atoms with Crippen LogP contribution in [0.4, 0.5) is 10.1 Å². The number of hydrogen-bond donors (Lipinski definition) is 2. The molecule has 0 aliphatic carbocycles. The number of nitro benzene ring substituents is 1. The minimum Gasteiger partial charge on any atom is -0.502 e. The lowest BCUT2D eigenvalue weighted by molar-refractivity contribution is -0.385. The van der Waals surface area contributed by atoms with Crippen molar-refractivity contribution in [3.63, 3.8) is 0 Å². The fourth-order valence-electron chi connectivity index (χ4n) is 1.74. The number of carbonyl (C=O) groups is 1. The number of nitrogens with zero attached hydrogens (tertiary/aromatic N) is 1. The van der Waals surface area contributed by atoms with Crippen molar-refractivity contribution in [1.29, 1.82) is 0 Å². The van der Waals surface area contributed by atoms with Gasteiger partial charge >= 0.3 is 5.69 Å². The lowest BCUT2D eigenvalue weighted by atomic mass is 10.1. The van der Waals surface area contributed by atoms with Crippen LogP contribution in [-0.2, 0) is 6.54 Å². The summed E-state index contributed by atoms with van der Waals surface area (Å²) in [6.07, 6.45) is 0. The molecule has 21 heavy (non-hydrogen) atoms. The Kier molecular flexibility index (Phi) is 4.13. The number of amides is 1. The van der Waals surface area contributed by atoms with E-state index in [0.717, 1.165) is 12.1 Å². The van der Waals surface area contributed by atoms with Crippen molar-refractivity contribution >= 4 is 11.6 Å².